The van der Waals surface area contributed by atoms with Gasteiger partial charge in [-0.05, 0) is 30.3 Å². The monoisotopic (exact) mass is 363 g/mol. The lowest BCUT2D eigenvalue weighted by Gasteiger charge is -2.07. The van der Waals surface area contributed by atoms with Crippen LogP contribution in [0.25, 0.3) is 11.0 Å². The van der Waals surface area contributed by atoms with Crippen molar-refractivity contribution in [3.8, 4) is 5.75 Å². The van der Waals surface area contributed by atoms with Crippen LogP contribution in [-0.4, -0.2) is 11.9 Å². The first kappa shape index (κ1) is 17.2. The lowest BCUT2D eigenvalue weighted by Crippen LogP contribution is -2.28. The van der Waals surface area contributed by atoms with Crippen LogP contribution < -0.4 is 15.5 Å². The van der Waals surface area contributed by atoms with E-state index < -0.39 is 46.1 Å². The predicted octanol–water partition coefficient (Wildman–Crippen LogP) is 1.79. The van der Waals surface area contributed by atoms with Gasteiger partial charge in [0.05, 0.1) is 17.1 Å². The van der Waals surface area contributed by atoms with Gasteiger partial charge in [-0.3, -0.25) is 0 Å². The van der Waals surface area contributed by atoms with E-state index in [2.05, 4.69) is 0 Å². The minimum absolute atomic E-state index is 0.0956. The number of esters is 1. The Morgan fingerprint density at radius 1 is 1.00 bits per heavy atom. The van der Waals surface area contributed by atoms with Gasteiger partial charge in [-0.15, -0.1) is 0 Å². The highest BCUT2D eigenvalue weighted by molar-refractivity contribution is 5.93. The molecule has 132 valence electrons. The Morgan fingerprint density at radius 2 is 1.65 bits per heavy atom. The fourth-order valence-corrected chi connectivity index (χ4v) is 2.14. The summed E-state index contributed by atoms with van der Waals surface area (Å²) >= 11 is 0. The van der Waals surface area contributed by atoms with Crippen molar-refractivity contribution < 1.29 is 37.0 Å². The molecule has 1 heterocycles. The summed E-state index contributed by atoms with van der Waals surface area (Å²) in [5, 5.41) is 11.0. The molecule has 2 aromatic carbocycles. The summed E-state index contributed by atoms with van der Waals surface area (Å²) in [4.78, 5) is 34.2. The first-order chi connectivity index (χ1) is 12.3. The third-order valence-electron chi connectivity index (χ3n) is 3.36. The number of benzene rings is 2. The van der Waals surface area contributed by atoms with E-state index in [1.165, 1.54) is 12.1 Å². The lowest BCUT2D eigenvalue weighted by atomic mass is 10.2. The second-order valence-corrected chi connectivity index (χ2v) is 5.08. The van der Waals surface area contributed by atoms with Gasteiger partial charge in [0.1, 0.15) is 11.3 Å². The van der Waals surface area contributed by atoms with Gasteiger partial charge in [0.15, 0.2) is 17.5 Å². The van der Waals surface area contributed by atoms with Crippen molar-refractivity contribution in [2.45, 2.75) is 0 Å². The van der Waals surface area contributed by atoms with E-state index >= 15 is 0 Å². The molecule has 0 aliphatic heterocycles. The molecule has 9 heteroatoms. The molecule has 26 heavy (non-hydrogen) atoms. The Kier molecular flexibility index (Phi) is 4.21. The molecule has 3 aromatic rings. The van der Waals surface area contributed by atoms with E-state index in [0.717, 1.165) is 12.1 Å². The number of carbonyl (C=O) groups excluding carboxylic acids is 2. The third kappa shape index (κ3) is 3.14. The number of carbonyl (C=O) groups is 2. The second-order valence-electron chi connectivity index (χ2n) is 5.08. The molecular formula is C17H6F3O6-. The first-order valence-electron chi connectivity index (χ1n) is 6.92. The molecule has 0 saturated heterocycles. The zero-order valence-corrected chi connectivity index (χ0v) is 12.5. The maximum atomic E-state index is 13.2. The van der Waals surface area contributed by atoms with E-state index in [9.17, 15) is 32.7 Å². The third-order valence-corrected chi connectivity index (χ3v) is 3.36. The van der Waals surface area contributed by atoms with Crippen molar-refractivity contribution in [1.29, 1.82) is 0 Å². The number of carboxylic acids is 1. The smallest absolute Gasteiger partial charge is 0.345 e. The quantitative estimate of drug-likeness (QED) is 0.305. The number of fused-ring (bicyclic) bond motifs is 1. The van der Waals surface area contributed by atoms with Crippen LogP contribution in [0.2, 0.25) is 0 Å². The van der Waals surface area contributed by atoms with E-state index in [1.54, 1.807) is 0 Å². The topological polar surface area (TPSA) is 96.6 Å². The maximum absolute atomic E-state index is 13.2. The summed E-state index contributed by atoms with van der Waals surface area (Å²) in [6.07, 6.45) is 0. The SMILES string of the molecule is O=C(Oc1ccc2cc(C(=O)[O-])c(=O)oc2c1)c1cc(F)c(F)c(F)c1. The Labute approximate surface area is 142 Å². The lowest BCUT2D eigenvalue weighted by molar-refractivity contribution is -0.255. The van der Waals surface area contributed by atoms with E-state index in [4.69, 9.17) is 9.15 Å². The zero-order valence-electron chi connectivity index (χ0n) is 12.5. The Bertz CT molecular complexity index is 1100. The number of halogens is 3. The van der Waals surface area contributed by atoms with Crippen LogP contribution in [0.5, 0.6) is 5.75 Å². The molecule has 0 aliphatic carbocycles. The Morgan fingerprint density at radius 3 is 2.27 bits per heavy atom. The van der Waals surface area contributed by atoms with Gasteiger partial charge < -0.3 is 19.1 Å². The van der Waals surface area contributed by atoms with Crippen molar-refractivity contribution in [1.82, 2.24) is 0 Å². The molecule has 0 spiro atoms. The van der Waals surface area contributed by atoms with Crippen LogP contribution >= 0.6 is 0 Å². The molecule has 0 atom stereocenters. The van der Waals surface area contributed by atoms with Gasteiger partial charge in [-0.1, -0.05) is 0 Å². The number of ether oxygens (including phenoxy) is 1. The molecule has 1 aromatic heterocycles. The fourth-order valence-electron chi connectivity index (χ4n) is 2.14. The van der Waals surface area contributed by atoms with Gasteiger partial charge >= 0.3 is 11.6 Å². The molecule has 0 bridgehead atoms. The molecule has 0 radical (unpaired) electrons. The summed E-state index contributed by atoms with van der Waals surface area (Å²) in [5.74, 6) is -7.89. The van der Waals surface area contributed by atoms with Crippen molar-refractivity contribution in [2.24, 2.45) is 0 Å². The van der Waals surface area contributed by atoms with Crippen LogP contribution in [-0.2, 0) is 0 Å². The summed E-state index contributed by atoms with van der Waals surface area (Å²) in [7, 11) is 0. The van der Waals surface area contributed by atoms with Crippen LogP contribution in [0.3, 0.4) is 0 Å². The average Bonchev–Trinajstić information content (AvgIpc) is 2.58. The summed E-state index contributed by atoms with van der Waals surface area (Å²) < 4.78 is 48.9. The van der Waals surface area contributed by atoms with Crippen molar-refractivity contribution >= 4 is 22.9 Å². The van der Waals surface area contributed by atoms with Crippen LogP contribution in [0, 0.1) is 17.5 Å². The zero-order chi connectivity index (χ0) is 19.0. The predicted molar refractivity (Wildman–Crippen MR) is 78.1 cm³/mol. The second kappa shape index (κ2) is 6.36. The number of hydrogen-bond acceptors (Lipinski definition) is 6. The molecular weight excluding hydrogens is 357 g/mol. The Hall–Kier alpha value is -3.62. The standard InChI is InChI=1S/C17H7F3O6/c18-11-4-8(5-12(19)14(11)20)16(23)25-9-2-1-7-3-10(15(21)22)17(24)26-13(7)6-9/h1-6H,(H,21,22)/p-1. The van der Waals surface area contributed by atoms with E-state index in [-0.39, 0.29) is 16.7 Å². The molecule has 6 nitrogen and oxygen atoms in total. The Balaban J connectivity index is 1.94. The highest BCUT2D eigenvalue weighted by Gasteiger charge is 2.17. The maximum Gasteiger partial charge on any atom is 0.345 e. The van der Waals surface area contributed by atoms with Crippen molar-refractivity contribution in [3.05, 3.63) is 75.4 Å². The highest BCUT2D eigenvalue weighted by atomic mass is 19.2. The van der Waals surface area contributed by atoms with E-state index in [1.807, 2.05) is 0 Å². The van der Waals surface area contributed by atoms with Crippen molar-refractivity contribution in [2.75, 3.05) is 0 Å². The van der Waals surface area contributed by atoms with Crippen LogP contribution in [0.4, 0.5) is 13.2 Å². The van der Waals surface area contributed by atoms with Crippen LogP contribution in [0.1, 0.15) is 20.7 Å². The van der Waals surface area contributed by atoms with Gasteiger partial charge in [0.25, 0.3) is 0 Å². The summed E-state index contributed by atoms with van der Waals surface area (Å²) in [6, 6.07) is 5.58. The summed E-state index contributed by atoms with van der Waals surface area (Å²) in [6.45, 7) is 0. The van der Waals surface area contributed by atoms with Gasteiger partial charge in [-0.2, -0.15) is 0 Å². The van der Waals surface area contributed by atoms with Gasteiger partial charge in [-0.25, -0.2) is 22.8 Å². The number of carboxylic acid groups (broad SMARTS) is 1. The number of aromatic carboxylic acids is 1. The highest BCUT2D eigenvalue weighted by Crippen LogP contribution is 2.22. The minimum atomic E-state index is -1.72. The van der Waals surface area contributed by atoms with Gasteiger partial charge in [0.2, 0.25) is 0 Å². The van der Waals surface area contributed by atoms with Crippen molar-refractivity contribution in [3.63, 3.8) is 0 Å². The summed E-state index contributed by atoms with van der Waals surface area (Å²) in [5.41, 5.74) is -2.51. The number of rotatable bonds is 3. The molecule has 0 fully saturated rings. The molecule has 0 aliphatic rings. The van der Waals surface area contributed by atoms with Gasteiger partial charge in [0, 0.05) is 11.5 Å². The largest absolute Gasteiger partial charge is 0.545 e. The fraction of sp³-hybridized carbons (Fsp3) is 0. The average molecular weight is 363 g/mol. The first-order valence-corrected chi connectivity index (χ1v) is 6.92. The molecule has 0 amide bonds. The molecule has 0 unspecified atom stereocenters. The van der Waals surface area contributed by atoms with Crippen LogP contribution in [0.15, 0.2) is 45.6 Å². The molecule has 3 rings (SSSR count). The normalized spacial score (nSPS) is 10.7. The molecule has 0 N–H and O–H groups in total. The van der Waals surface area contributed by atoms with E-state index in [0.29, 0.717) is 12.1 Å². The minimum Gasteiger partial charge on any atom is -0.545 e. The number of hydrogen-bond donors (Lipinski definition) is 0. The molecule has 0 saturated carbocycles.